The van der Waals surface area contributed by atoms with Crippen LogP contribution in [0.1, 0.15) is 33.6 Å². The fourth-order valence-corrected chi connectivity index (χ4v) is 5.20. The number of nitrogens with zero attached hydrogens (tertiary/aromatic N) is 2. The van der Waals surface area contributed by atoms with E-state index in [0.717, 1.165) is 5.56 Å². The van der Waals surface area contributed by atoms with E-state index in [1.54, 1.807) is 19.2 Å². The van der Waals surface area contributed by atoms with Gasteiger partial charge in [-0.25, -0.2) is 15.1 Å². The molecule has 2 aromatic heterocycles. The lowest BCUT2D eigenvalue weighted by Gasteiger charge is -2.15. The van der Waals surface area contributed by atoms with Gasteiger partial charge in [0.1, 0.15) is 18.8 Å². The number of nitrogens with two attached hydrogens (primary N) is 1. The number of aromatic nitrogens is 2. The highest BCUT2D eigenvalue weighted by Gasteiger charge is 2.34. The molecule has 4 rings (SSSR count). The number of nitrogens with one attached hydrogen (secondary N) is 1. The summed E-state index contributed by atoms with van der Waals surface area (Å²) in [5, 5.41) is 20.2. The van der Waals surface area contributed by atoms with Crippen molar-refractivity contribution in [3.8, 4) is 11.5 Å². The van der Waals surface area contributed by atoms with Crippen LogP contribution in [0.4, 0.5) is 5.82 Å². The largest absolute Gasteiger partial charge is 0.493 e. The van der Waals surface area contributed by atoms with E-state index in [0.29, 0.717) is 35.0 Å². The molecule has 192 valence electrons. The number of ketones is 1. The summed E-state index contributed by atoms with van der Waals surface area (Å²) < 4.78 is 37.9. The van der Waals surface area contributed by atoms with Gasteiger partial charge in [0.15, 0.2) is 11.5 Å². The highest BCUT2D eigenvalue weighted by Crippen LogP contribution is 2.31. The van der Waals surface area contributed by atoms with Crippen molar-refractivity contribution < 1.29 is 32.0 Å². The van der Waals surface area contributed by atoms with Crippen LogP contribution in [-0.2, 0) is 21.1 Å². The van der Waals surface area contributed by atoms with Crippen LogP contribution in [0.2, 0.25) is 0 Å². The van der Waals surface area contributed by atoms with E-state index < -0.39 is 22.3 Å². The molecule has 1 aromatic carbocycles. The van der Waals surface area contributed by atoms with Crippen molar-refractivity contribution >= 4 is 33.2 Å². The summed E-state index contributed by atoms with van der Waals surface area (Å²) in [6.45, 7) is 0.0468. The lowest BCUT2D eigenvalue weighted by atomic mass is 10.1. The third-order valence-electron chi connectivity index (χ3n) is 5.74. The maximum absolute atomic E-state index is 13.3. The number of methoxy groups -OCH3 is 1. The number of benzene rings is 1. The van der Waals surface area contributed by atoms with Crippen LogP contribution in [0.5, 0.6) is 11.5 Å². The van der Waals surface area contributed by atoms with Gasteiger partial charge in [0, 0.05) is 23.7 Å². The normalized spacial score (nSPS) is 19.7. The number of thiophene rings is 1. The maximum Gasteiger partial charge on any atom is 0.333 e. The summed E-state index contributed by atoms with van der Waals surface area (Å²) in [5.74, 6) is 0.884. The Hall–Kier alpha value is -3.10. The average Bonchev–Trinajstić information content (AvgIpc) is 3.47. The number of hydrogen-bond acceptors (Lipinski definition) is 11. The van der Waals surface area contributed by atoms with Crippen molar-refractivity contribution in [3.05, 3.63) is 64.2 Å². The SMILES string of the molecule is COc1ccccc1OCc1csc(C(=O)c2cncnc2N[C@@H]2C[C@H](COS(N)(=O)=O)[C@@H](O)C2)c1. The molecule has 1 aliphatic carbocycles. The zero-order chi connectivity index (χ0) is 25.7. The third-order valence-corrected chi connectivity index (χ3v) is 7.18. The molecule has 0 unspecified atom stereocenters. The molecule has 0 amide bonds. The predicted molar refractivity (Wildman–Crippen MR) is 132 cm³/mol. The fraction of sp³-hybridized carbons (Fsp3) is 0.348. The van der Waals surface area contributed by atoms with E-state index in [4.69, 9.17) is 14.6 Å². The van der Waals surface area contributed by atoms with Gasteiger partial charge in [-0.1, -0.05) is 12.1 Å². The summed E-state index contributed by atoms with van der Waals surface area (Å²) in [5.41, 5.74) is 1.12. The minimum absolute atomic E-state index is 0.220. The number of aliphatic hydroxyl groups is 1. The Kier molecular flexibility index (Phi) is 8.16. The van der Waals surface area contributed by atoms with E-state index in [1.165, 1.54) is 23.9 Å². The molecule has 2 heterocycles. The highest BCUT2D eigenvalue weighted by molar-refractivity contribution is 7.84. The van der Waals surface area contributed by atoms with E-state index in [-0.39, 0.29) is 30.6 Å². The number of hydrogen-bond donors (Lipinski definition) is 3. The van der Waals surface area contributed by atoms with Crippen molar-refractivity contribution in [1.82, 2.24) is 9.97 Å². The minimum atomic E-state index is -4.09. The quantitative estimate of drug-likeness (QED) is 0.311. The van der Waals surface area contributed by atoms with Crippen molar-refractivity contribution in [2.75, 3.05) is 19.0 Å². The Labute approximate surface area is 212 Å². The fourth-order valence-electron chi connectivity index (χ4n) is 3.99. The molecule has 36 heavy (non-hydrogen) atoms. The topological polar surface area (TPSA) is 163 Å². The van der Waals surface area contributed by atoms with Crippen LogP contribution in [0.15, 0.2) is 48.2 Å². The second-order valence-electron chi connectivity index (χ2n) is 8.29. The van der Waals surface area contributed by atoms with E-state index in [2.05, 4.69) is 19.5 Å². The van der Waals surface area contributed by atoms with Crippen LogP contribution in [0.3, 0.4) is 0 Å². The van der Waals surface area contributed by atoms with Crippen LogP contribution in [0, 0.1) is 5.92 Å². The van der Waals surface area contributed by atoms with Gasteiger partial charge in [-0.15, -0.1) is 11.3 Å². The first-order valence-corrected chi connectivity index (χ1v) is 13.4. The molecule has 1 aliphatic rings. The standard InChI is InChI=1S/C23H26N4O7S2/c1-32-19-4-2-3-5-20(19)33-10-14-6-21(35-12-14)22(29)17-9-25-13-26-23(17)27-16-7-15(18(28)8-16)11-34-36(24,30)31/h2-6,9,12-13,15-16,18,28H,7-8,10-11H2,1H3,(H2,24,30,31)(H,25,26,27)/t15-,16-,18+/m1/s1. The lowest BCUT2D eigenvalue weighted by Crippen LogP contribution is -2.24. The predicted octanol–water partition coefficient (Wildman–Crippen LogP) is 2.13. The van der Waals surface area contributed by atoms with Gasteiger partial charge in [0.05, 0.1) is 30.3 Å². The van der Waals surface area contributed by atoms with Crippen molar-refractivity contribution in [2.45, 2.75) is 31.6 Å². The van der Waals surface area contributed by atoms with Gasteiger partial charge < -0.3 is 19.9 Å². The monoisotopic (exact) mass is 534 g/mol. The minimum Gasteiger partial charge on any atom is -0.493 e. The van der Waals surface area contributed by atoms with Crippen LogP contribution < -0.4 is 19.9 Å². The Morgan fingerprint density at radius 3 is 2.81 bits per heavy atom. The summed E-state index contributed by atoms with van der Waals surface area (Å²) in [6, 6.07) is 8.83. The number of para-hydroxylation sites is 2. The molecule has 0 saturated heterocycles. The first-order chi connectivity index (χ1) is 17.2. The lowest BCUT2D eigenvalue weighted by molar-refractivity contribution is 0.101. The zero-order valence-electron chi connectivity index (χ0n) is 19.4. The van der Waals surface area contributed by atoms with E-state index >= 15 is 0 Å². The van der Waals surface area contributed by atoms with Crippen molar-refractivity contribution in [1.29, 1.82) is 0 Å². The average molecular weight is 535 g/mol. The van der Waals surface area contributed by atoms with Crippen LogP contribution in [0.25, 0.3) is 0 Å². The highest BCUT2D eigenvalue weighted by atomic mass is 32.2. The number of carbonyl (C=O) groups excluding carboxylic acids is 1. The van der Waals surface area contributed by atoms with Gasteiger partial charge in [-0.2, -0.15) is 8.42 Å². The molecular weight excluding hydrogens is 508 g/mol. The van der Waals surface area contributed by atoms with Crippen molar-refractivity contribution in [3.63, 3.8) is 0 Å². The van der Waals surface area contributed by atoms with Crippen LogP contribution >= 0.6 is 11.3 Å². The molecule has 11 nitrogen and oxygen atoms in total. The van der Waals surface area contributed by atoms with Crippen molar-refractivity contribution in [2.24, 2.45) is 11.1 Å². The van der Waals surface area contributed by atoms with E-state index in [9.17, 15) is 18.3 Å². The first kappa shape index (κ1) is 26.0. The molecule has 0 bridgehead atoms. The number of ether oxygens (including phenoxy) is 2. The summed E-state index contributed by atoms with van der Waals surface area (Å²) >= 11 is 1.29. The van der Waals surface area contributed by atoms with Gasteiger partial charge in [-0.3, -0.25) is 8.98 Å². The molecule has 13 heteroatoms. The molecule has 1 fully saturated rings. The van der Waals surface area contributed by atoms with E-state index in [1.807, 2.05) is 23.6 Å². The van der Waals surface area contributed by atoms with Crippen LogP contribution in [-0.4, -0.2) is 55.1 Å². The number of carbonyl (C=O) groups is 1. The summed E-state index contributed by atoms with van der Waals surface area (Å²) in [6.07, 6.45) is 2.73. The Morgan fingerprint density at radius 1 is 1.28 bits per heavy atom. The zero-order valence-corrected chi connectivity index (χ0v) is 21.0. The second kappa shape index (κ2) is 11.3. The Bertz CT molecular complexity index is 1320. The van der Waals surface area contributed by atoms with Gasteiger partial charge in [0.2, 0.25) is 5.78 Å². The van der Waals surface area contributed by atoms with Gasteiger partial charge in [0.25, 0.3) is 0 Å². The molecule has 3 atom stereocenters. The number of aliphatic hydroxyl groups excluding tert-OH is 1. The van der Waals surface area contributed by atoms with Gasteiger partial charge >= 0.3 is 10.3 Å². The summed E-state index contributed by atoms with van der Waals surface area (Å²) in [4.78, 5) is 22.0. The number of anilines is 1. The molecule has 4 N–H and O–H groups in total. The molecule has 1 saturated carbocycles. The molecule has 0 spiro atoms. The molecule has 0 aliphatic heterocycles. The summed E-state index contributed by atoms with van der Waals surface area (Å²) in [7, 11) is -2.52. The Morgan fingerprint density at radius 2 is 2.06 bits per heavy atom. The number of rotatable bonds is 11. The van der Waals surface area contributed by atoms with Gasteiger partial charge in [-0.05, 0) is 36.4 Å². The third kappa shape index (κ3) is 6.56. The smallest absolute Gasteiger partial charge is 0.333 e. The first-order valence-electron chi connectivity index (χ1n) is 11.0. The molecule has 0 radical (unpaired) electrons. The Balaban J connectivity index is 1.41. The second-order valence-corrected chi connectivity index (χ2v) is 10.4. The maximum atomic E-state index is 13.3. The molecular formula is C23H26N4O7S2. The molecule has 3 aromatic rings.